The summed E-state index contributed by atoms with van der Waals surface area (Å²) < 4.78 is 9.13. The van der Waals surface area contributed by atoms with Crippen molar-refractivity contribution in [3.05, 3.63) is 45.6 Å². The fourth-order valence-electron chi connectivity index (χ4n) is 1.70. The van der Waals surface area contributed by atoms with Gasteiger partial charge in [0.15, 0.2) is 0 Å². The van der Waals surface area contributed by atoms with Gasteiger partial charge in [0.25, 0.3) is 5.69 Å². The van der Waals surface area contributed by atoms with Crippen LogP contribution < -0.4 is 5.32 Å². The highest BCUT2D eigenvalue weighted by Gasteiger charge is 2.19. The van der Waals surface area contributed by atoms with Gasteiger partial charge in [-0.2, -0.15) is 4.37 Å². The lowest BCUT2D eigenvalue weighted by atomic mass is 10.2. The molecule has 1 N–H and O–H groups in total. The Hall–Kier alpha value is -2.48. The van der Waals surface area contributed by atoms with Gasteiger partial charge in [0.1, 0.15) is 10.6 Å². The van der Waals surface area contributed by atoms with E-state index in [1.807, 2.05) is 0 Å². The lowest BCUT2D eigenvalue weighted by Gasteiger charge is -2.06. The first-order chi connectivity index (χ1) is 10.0. The van der Waals surface area contributed by atoms with Crippen LogP contribution in [0, 0.1) is 17.0 Å². The molecule has 1 heterocycles. The summed E-state index contributed by atoms with van der Waals surface area (Å²) in [4.78, 5) is 22.0. The molecule has 2 aromatic rings. The SMILES string of the molecule is CCOC(=O)c1c(C)nsc1Nc1ccc([N+](=O)[O-])cc1. The number of non-ortho nitro benzene ring substituents is 1. The van der Waals surface area contributed by atoms with Crippen molar-refractivity contribution in [3.63, 3.8) is 0 Å². The van der Waals surface area contributed by atoms with Crippen LogP contribution in [0.2, 0.25) is 0 Å². The Balaban J connectivity index is 2.23. The highest BCUT2D eigenvalue weighted by molar-refractivity contribution is 7.10. The third-order valence-electron chi connectivity index (χ3n) is 2.68. The molecule has 0 amide bonds. The first-order valence-electron chi connectivity index (χ1n) is 6.17. The summed E-state index contributed by atoms with van der Waals surface area (Å²) >= 11 is 1.14. The Morgan fingerprint density at radius 3 is 2.67 bits per heavy atom. The van der Waals surface area contributed by atoms with Crippen molar-refractivity contribution in [3.8, 4) is 0 Å². The largest absolute Gasteiger partial charge is 0.462 e. The monoisotopic (exact) mass is 307 g/mol. The number of hydrogen-bond acceptors (Lipinski definition) is 7. The molecule has 0 aliphatic heterocycles. The highest BCUT2D eigenvalue weighted by atomic mass is 32.1. The fraction of sp³-hybridized carbons (Fsp3) is 0.231. The molecule has 7 nitrogen and oxygen atoms in total. The Labute approximate surface area is 124 Å². The maximum absolute atomic E-state index is 11.9. The molecule has 0 spiro atoms. The van der Waals surface area contributed by atoms with Gasteiger partial charge in [-0.25, -0.2) is 4.79 Å². The van der Waals surface area contributed by atoms with Gasteiger partial charge in [0.2, 0.25) is 0 Å². The first kappa shape index (κ1) is 14.9. The van der Waals surface area contributed by atoms with E-state index < -0.39 is 10.9 Å². The fourth-order valence-corrected chi connectivity index (χ4v) is 2.50. The third-order valence-corrected chi connectivity index (χ3v) is 3.53. The number of aromatic nitrogens is 1. The molecule has 2 rings (SSSR count). The van der Waals surface area contributed by atoms with Gasteiger partial charge in [-0.15, -0.1) is 0 Å². The molecule has 0 fully saturated rings. The number of nitrogens with zero attached hydrogens (tertiary/aromatic N) is 2. The number of aryl methyl sites for hydroxylation is 1. The van der Waals surface area contributed by atoms with Crippen LogP contribution in [-0.2, 0) is 4.74 Å². The molecule has 0 aliphatic carbocycles. The van der Waals surface area contributed by atoms with Crippen molar-refractivity contribution in [2.45, 2.75) is 13.8 Å². The summed E-state index contributed by atoms with van der Waals surface area (Å²) in [7, 11) is 0. The quantitative estimate of drug-likeness (QED) is 0.517. The van der Waals surface area contributed by atoms with Gasteiger partial charge in [-0.05, 0) is 37.5 Å². The third kappa shape index (κ3) is 3.34. The van der Waals surface area contributed by atoms with Crippen molar-refractivity contribution in [1.82, 2.24) is 4.37 Å². The summed E-state index contributed by atoms with van der Waals surface area (Å²) in [5, 5.41) is 14.2. The van der Waals surface area contributed by atoms with Crippen LogP contribution in [-0.4, -0.2) is 21.9 Å². The molecule has 0 radical (unpaired) electrons. The van der Waals surface area contributed by atoms with Crippen LogP contribution in [0.5, 0.6) is 0 Å². The van der Waals surface area contributed by atoms with Gasteiger partial charge >= 0.3 is 5.97 Å². The lowest BCUT2D eigenvalue weighted by Crippen LogP contribution is -2.07. The molecule has 0 saturated heterocycles. The van der Waals surface area contributed by atoms with Crippen molar-refractivity contribution in [1.29, 1.82) is 0 Å². The number of hydrogen-bond donors (Lipinski definition) is 1. The van der Waals surface area contributed by atoms with Crippen LogP contribution in [0.25, 0.3) is 0 Å². The second-order valence-corrected chi connectivity index (χ2v) is 4.89. The summed E-state index contributed by atoms with van der Waals surface area (Å²) in [5.74, 6) is -0.437. The number of anilines is 2. The van der Waals surface area contributed by atoms with Crippen molar-refractivity contribution >= 4 is 33.9 Å². The zero-order chi connectivity index (χ0) is 15.4. The number of nitrogens with one attached hydrogen (secondary N) is 1. The molecular formula is C13H13N3O4S. The van der Waals surface area contributed by atoms with E-state index >= 15 is 0 Å². The van der Waals surface area contributed by atoms with E-state index in [0.717, 1.165) is 11.5 Å². The molecule has 8 heteroatoms. The summed E-state index contributed by atoms with van der Waals surface area (Å²) in [6, 6.07) is 5.92. The average molecular weight is 307 g/mol. The molecule has 110 valence electrons. The van der Waals surface area contributed by atoms with Crippen LogP contribution in [0.15, 0.2) is 24.3 Å². The van der Waals surface area contributed by atoms with Crippen LogP contribution in [0.4, 0.5) is 16.4 Å². The number of ether oxygens (including phenoxy) is 1. The number of esters is 1. The van der Waals surface area contributed by atoms with Gasteiger partial charge in [0.05, 0.1) is 17.2 Å². The molecule has 21 heavy (non-hydrogen) atoms. The smallest absolute Gasteiger partial charge is 0.343 e. The molecule has 0 aliphatic rings. The van der Waals surface area contributed by atoms with E-state index in [-0.39, 0.29) is 12.3 Å². The van der Waals surface area contributed by atoms with Gasteiger partial charge in [-0.1, -0.05) is 0 Å². The van der Waals surface area contributed by atoms with Crippen molar-refractivity contribution in [2.75, 3.05) is 11.9 Å². The zero-order valence-electron chi connectivity index (χ0n) is 11.5. The van der Waals surface area contributed by atoms with E-state index in [1.54, 1.807) is 26.0 Å². The Morgan fingerprint density at radius 2 is 2.10 bits per heavy atom. The van der Waals surface area contributed by atoms with Crippen LogP contribution in [0.3, 0.4) is 0 Å². The van der Waals surface area contributed by atoms with E-state index in [4.69, 9.17) is 4.74 Å². The van der Waals surface area contributed by atoms with E-state index in [2.05, 4.69) is 9.69 Å². The first-order valence-corrected chi connectivity index (χ1v) is 6.95. The predicted molar refractivity (Wildman–Crippen MR) is 79.2 cm³/mol. The average Bonchev–Trinajstić information content (AvgIpc) is 2.80. The number of carbonyl (C=O) groups is 1. The second-order valence-electron chi connectivity index (χ2n) is 4.12. The number of benzene rings is 1. The Morgan fingerprint density at radius 1 is 1.43 bits per heavy atom. The highest BCUT2D eigenvalue weighted by Crippen LogP contribution is 2.29. The molecule has 0 atom stereocenters. The summed E-state index contributed by atoms with van der Waals surface area (Å²) in [6.07, 6.45) is 0. The normalized spacial score (nSPS) is 10.2. The van der Waals surface area contributed by atoms with E-state index in [0.29, 0.717) is 21.9 Å². The number of carbonyl (C=O) groups excluding carboxylic acids is 1. The lowest BCUT2D eigenvalue weighted by molar-refractivity contribution is -0.384. The number of nitro benzene ring substituents is 1. The molecule has 0 saturated carbocycles. The van der Waals surface area contributed by atoms with Gasteiger partial charge < -0.3 is 10.1 Å². The summed E-state index contributed by atoms with van der Waals surface area (Å²) in [6.45, 7) is 3.74. The van der Waals surface area contributed by atoms with Crippen molar-refractivity contribution in [2.24, 2.45) is 0 Å². The number of nitro groups is 1. The Bertz CT molecular complexity index is 667. The molecule has 0 unspecified atom stereocenters. The molecular weight excluding hydrogens is 294 g/mol. The number of rotatable bonds is 5. The van der Waals surface area contributed by atoms with E-state index in [9.17, 15) is 14.9 Å². The zero-order valence-corrected chi connectivity index (χ0v) is 12.3. The minimum Gasteiger partial charge on any atom is -0.462 e. The predicted octanol–water partition coefficient (Wildman–Crippen LogP) is 3.28. The molecule has 1 aromatic heterocycles. The minimum absolute atomic E-state index is 0.00616. The standard InChI is InChI=1S/C13H13N3O4S/c1-3-20-13(17)11-8(2)15-21-12(11)14-9-4-6-10(7-5-9)16(18)19/h4-7,14H,3H2,1-2H3. The maximum atomic E-state index is 11.9. The second kappa shape index (κ2) is 6.31. The topological polar surface area (TPSA) is 94.4 Å². The van der Waals surface area contributed by atoms with Crippen LogP contribution >= 0.6 is 11.5 Å². The minimum atomic E-state index is -0.468. The van der Waals surface area contributed by atoms with E-state index in [1.165, 1.54) is 12.1 Å². The van der Waals surface area contributed by atoms with Gasteiger partial charge in [-0.3, -0.25) is 10.1 Å². The maximum Gasteiger partial charge on any atom is 0.343 e. The molecule has 1 aromatic carbocycles. The van der Waals surface area contributed by atoms with Crippen molar-refractivity contribution < 1.29 is 14.5 Å². The van der Waals surface area contributed by atoms with Crippen LogP contribution in [0.1, 0.15) is 23.0 Å². The molecule has 0 bridgehead atoms. The Kier molecular flexibility index (Phi) is 4.49. The van der Waals surface area contributed by atoms with Gasteiger partial charge in [0, 0.05) is 17.8 Å². The summed E-state index contributed by atoms with van der Waals surface area (Å²) in [5.41, 5.74) is 1.62.